The molecule has 1 aliphatic rings. The maximum Gasteiger partial charge on any atom is 0.166 e. The molecular formula is C23H28N2O2. The Morgan fingerprint density at radius 2 is 1.00 bits per heavy atom. The van der Waals surface area contributed by atoms with E-state index in [9.17, 15) is 9.59 Å². The standard InChI is InChI=1S/C23H28N2O2/c1-24(2)18-12-8-16(9-13-18)22(26)20-6-5-7-21(20)23(27)17-10-14-19(15-11-17)25(3)4/h8-15,20-21H,5-7H2,1-4H3. The zero-order valence-corrected chi connectivity index (χ0v) is 16.6. The van der Waals surface area contributed by atoms with E-state index in [0.717, 1.165) is 30.6 Å². The molecule has 0 aromatic heterocycles. The van der Waals surface area contributed by atoms with Gasteiger partial charge in [0.25, 0.3) is 0 Å². The number of ketones is 2. The zero-order valence-electron chi connectivity index (χ0n) is 16.6. The van der Waals surface area contributed by atoms with Crippen molar-refractivity contribution in [1.82, 2.24) is 0 Å². The minimum absolute atomic E-state index is 0.0982. The Bertz CT molecular complexity index is 738. The summed E-state index contributed by atoms with van der Waals surface area (Å²) in [7, 11) is 7.91. The molecule has 1 aliphatic carbocycles. The third-order valence-corrected chi connectivity index (χ3v) is 5.53. The van der Waals surface area contributed by atoms with Gasteiger partial charge in [0.05, 0.1) is 0 Å². The van der Waals surface area contributed by atoms with E-state index in [-0.39, 0.29) is 23.4 Å². The smallest absolute Gasteiger partial charge is 0.166 e. The van der Waals surface area contributed by atoms with Gasteiger partial charge < -0.3 is 9.80 Å². The van der Waals surface area contributed by atoms with Crippen molar-refractivity contribution in [1.29, 1.82) is 0 Å². The van der Waals surface area contributed by atoms with Crippen molar-refractivity contribution in [2.75, 3.05) is 38.0 Å². The Hall–Kier alpha value is -2.62. The van der Waals surface area contributed by atoms with Crippen molar-refractivity contribution >= 4 is 22.9 Å². The van der Waals surface area contributed by atoms with E-state index in [0.29, 0.717) is 11.1 Å². The molecule has 2 atom stereocenters. The highest BCUT2D eigenvalue weighted by atomic mass is 16.1. The Labute approximate surface area is 161 Å². The first-order valence-electron chi connectivity index (χ1n) is 9.51. The van der Waals surface area contributed by atoms with Gasteiger partial charge in [0, 0.05) is 62.5 Å². The molecule has 0 bridgehead atoms. The van der Waals surface area contributed by atoms with Crippen LogP contribution in [0.1, 0.15) is 40.0 Å². The fraction of sp³-hybridized carbons (Fsp3) is 0.391. The highest BCUT2D eigenvalue weighted by Crippen LogP contribution is 2.37. The second-order valence-electron chi connectivity index (χ2n) is 7.75. The van der Waals surface area contributed by atoms with Gasteiger partial charge in [0.2, 0.25) is 0 Å². The van der Waals surface area contributed by atoms with E-state index in [1.165, 1.54) is 0 Å². The predicted molar refractivity (Wildman–Crippen MR) is 111 cm³/mol. The summed E-state index contributed by atoms with van der Waals surface area (Å²) in [6.07, 6.45) is 2.51. The highest BCUT2D eigenvalue weighted by Gasteiger charge is 2.38. The predicted octanol–water partition coefficient (Wildman–Crippen LogP) is 4.30. The molecule has 27 heavy (non-hydrogen) atoms. The van der Waals surface area contributed by atoms with Gasteiger partial charge >= 0.3 is 0 Å². The number of carbonyl (C=O) groups excluding carboxylic acids is 2. The molecule has 2 unspecified atom stereocenters. The first kappa shape index (κ1) is 19.2. The Kier molecular flexibility index (Phi) is 5.64. The van der Waals surface area contributed by atoms with Crippen LogP contribution in [0.15, 0.2) is 48.5 Å². The van der Waals surface area contributed by atoms with Crippen LogP contribution in [0, 0.1) is 11.8 Å². The Balaban J connectivity index is 1.77. The maximum absolute atomic E-state index is 13.0. The fourth-order valence-corrected chi connectivity index (χ4v) is 3.86. The van der Waals surface area contributed by atoms with E-state index < -0.39 is 0 Å². The highest BCUT2D eigenvalue weighted by molar-refractivity contribution is 6.05. The summed E-state index contributed by atoms with van der Waals surface area (Å²) in [6, 6.07) is 15.3. The minimum atomic E-state index is -0.212. The van der Waals surface area contributed by atoms with Crippen molar-refractivity contribution < 1.29 is 9.59 Å². The first-order chi connectivity index (χ1) is 12.9. The topological polar surface area (TPSA) is 40.6 Å². The summed E-state index contributed by atoms with van der Waals surface area (Å²) in [6.45, 7) is 0. The van der Waals surface area contributed by atoms with Gasteiger partial charge in [-0.05, 0) is 61.4 Å². The summed E-state index contributed by atoms with van der Waals surface area (Å²) in [4.78, 5) is 30.1. The summed E-state index contributed by atoms with van der Waals surface area (Å²) < 4.78 is 0. The summed E-state index contributed by atoms with van der Waals surface area (Å²) >= 11 is 0. The molecule has 4 heteroatoms. The van der Waals surface area contributed by atoms with Gasteiger partial charge in [0.1, 0.15) is 0 Å². The lowest BCUT2D eigenvalue weighted by molar-refractivity contribution is 0.0794. The van der Waals surface area contributed by atoms with Crippen LogP contribution in [-0.4, -0.2) is 39.8 Å². The van der Waals surface area contributed by atoms with Crippen LogP contribution in [0.25, 0.3) is 0 Å². The molecule has 1 saturated carbocycles. The summed E-state index contributed by atoms with van der Waals surface area (Å²) in [5.74, 6) is -0.227. The second kappa shape index (κ2) is 7.95. The molecule has 3 rings (SSSR count). The van der Waals surface area contributed by atoms with Crippen LogP contribution in [0.3, 0.4) is 0 Å². The monoisotopic (exact) mass is 364 g/mol. The van der Waals surface area contributed by atoms with Crippen LogP contribution in [0.5, 0.6) is 0 Å². The fourth-order valence-electron chi connectivity index (χ4n) is 3.86. The number of anilines is 2. The summed E-state index contributed by atoms with van der Waals surface area (Å²) in [5, 5.41) is 0. The number of benzene rings is 2. The van der Waals surface area contributed by atoms with E-state index in [1.54, 1.807) is 0 Å². The molecule has 1 fully saturated rings. The number of hydrogen-bond donors (Lipinski definition) is 0. The first-order valence-corrected chi connectivity index (χ1v) is 9.51. The largest absolute Gasteiger partial charge is 0.378 e. The van der Waals surface area contributed by atoms with Gasteiger partial charge in [-0.15, -0.1) is 0 Å². The molecule has 0 N–H and O–H groups in total. The maximum atomic E-state index is 13.0. The lowest BCUT2D eigenvalue weighted by atomic mass is 9.83. The number of rotatable bonds is 6. The zero-order chi connectivity index (χ0) is 19.6. The molecule has 0 radical (unpaired) electrons. The number of Topliss-reactive ketones (excluding diaryl/α,β-unsaturated/α-hetero) is 2. The average Bonchev–Trinajstić information content (AvgIpc) is 3.16. The lowest BCUT2D eigenvalue weighted by Crippen LogP contribution is -2.26. The van der Waals surface area contributed by atoms with E-state index in [2.05, 4.69) is 0 Å². The molecule has 0 amide bonds. The number of nitrogens with zero attached hydrogens (tertiary/aromatic N) is 2. The third kappa shape index (κ3) is 4.05. The van der Waals surface area contributed by atoms with Gasteiger partial charge in [0.15, 0.2) is 11.6 Å². The minimum Gasteiger partial charge on any atom is -0.378 e. The van der Waals surface area contributed by atoms with E-state index in [1.807, 2.05) is 86.5 Å². The van der Waals surface area contributed by atoms with Crippen LogP contribution < -0.4 is 9.80 Å². The molecule has 2 aromatic rings. The molecule has 0 heterocycles. The molecule has 0 spiro atoms. The molecule has 2 aromatic carbocycles. The molecule has 142 valence electrons. The number of hydrogen-bond acceptors (Lipinski definition) is 4. The van der Waals surface area contributed by atoms with Crippen LogP contribution >= 0.6 is 0 Å². The van der Waals surface area contributed by atoms with Crippen molar-refractivity contribution in [3.05, 3.63) is 59.7 Å². The Morgan fingerprint density at radius 1 is 0.667 bits per heavy atom. The van der Waals surface area contributed by atoms with E-state index in [4.69, 9.17) is 0 Å². The normalized spacial score (nSPS) is 19.0. The molecule has 4 nitrogen and oxygen atoms in total. The quantitative estimate of drug-likeness (QED) is 0.717. The second-order valence-corrected chi connectivity index (χ2v) is 7.75. The van der Waals surface area contributed by atoms with Crippen molar-refractivity contribution in [3.63, 3.8) is 0 Å². The van der Waals surface area contributed by atoms with Gasteiger partial charge in [-0.2, -0.15) is 0 Å². The lowest BCUT2D eigenvalue weighted by Gasteiger charge is -2.19. The van der Waals surface area contributed by atoms with Gasteiger partial charge in [-0.1, -0.05) is 6.42 Å². The molecular weight excluding hydrogens is 336 g/mol. The number of carbonyl (C=O) groups is 2. The Morgan fingerprint density at radius 3 is 1.30 bits per heavy atom. The van der Waals surface area contributed by atoms with Crippen LogP contribution in [0.4, 0.5) is 11.4 Å². The van der Waals surface area contributed by atoms with Gasteiger partial charge in [-0.25, -0.2) is 0 Å². The molecule has 0 saturated heterocycles. The van der Waals surface area contributed by atoms with Crippen molar-refractivity contribution in [3.8, 4) is 0 Å². The van der Waals surface area contributed by atoms with Crippen LogP contribution in [-0.2, 0) is 0 Å². The summed E-state index contributed by atoms with van der Waals surface area (Å²) in [5.41, 5.74) is 3.53. The van der Waals surface area contributed by atoms with E-state index >= 15 is 0 Å². The average molecular weight is 364 g/mol. The third-order valence-electron chi connectivity index (χ3n) is 5.53. The van der Waals surface area contributed by atoms with Gasteiger partial charge in [-0.3, -0.25) is 9.59 Å². The van der Waals surface area contributed by atoms with Crippen molar-refractivity contribution in [2.45, 2.75) is 19.3 Å². The molecule has 0 aliphatic heterocycles. The SMILES string of the molecule is CN(C)c1ccc(C(=O)C2CCCC2C(=O)c2ccc(N(C)C)cc2)cc1. The van der Waals surface area contributed by atoms with Crippen molar-refractivity contribution in [2.24, 2.45) is 11.8 Å². The van der Waals surface area contributed by atoms with Crippen LogP contribution in [0.2, 0.25) is 0 Å².